The molecule has 0 aliphatic carbocycles. The number of rotatable bonds is 2. The van der Waals surface area contributed by atoms with Gasteiger partial charge >= 0.3 is 0 Å². The average Bonchev–Trinajstić information content (AvgIpc) is 2.73. The molecule has 2 heterocycles. The Bertz CT molecular complexity index is 582. The van der Waals surface area contributed by atoms with Crippen molar-refractivity contribution in [2.24, 2.45) is 10.2 Å². The summed E-state index contributed by atoms with van der Waals surface area (Å²) in [5.74, 6) is 0.673. The van der Waals surface area contributed by atoms with Crippen molar-refractivity contribution in [3.63, 3.8) is 0 Å². The molecule has 0 amide bonds. The Balaban J connectivity index is 1.87. The molecule has 0 spiro atoms. The lowest BCUT2D eigenvalue weighted by atomic mass is 10.2. The molecule has 1 N–H and O–H groups in total. The highest BCUT2D eigenvalue weighted by molar-refractivity contribution is 6.30. The van der Waals surface area contributed by atoms with E-state index in [0.29, 0.717) is 10.8 Å². The fraction of sp³-hybridized carbons (Fsp3) is 0.0833. The van der Waals surface area contributed by atoms with E-state index in [0.717, 1.165) is 11.3 Å². The fourth-order valence-electron chi connectivity index (χ4n) is 1.72. The first-order valence-corrected chi connectivity index (χ1v) is 5.58. The van der Waals surface area contributed by atoms with Gasteiger partial charge in [0.25, 0.3) is 0 Å². The summed E-state index contributed by atoms with van der Waals surface area (Å²) in [6, 6.07) is 11.4. The molecule has 0 bridgehead atoms. The van der Waals surface area contributed by atoms with Crippen LogP contribution in [0.2, 0.25) is 5.02 Å². The van der Waals surface area contributed by atoms with Gasteiger partial charge in [0.2, 0.25) is 0 Å². The van der Waals surface area contributed by atoms with Crippen molar-refractivity contribution in [2.45, 2.75) is 6.17 Å². The van der Waals surface area contributed by atoms with Crippen molar-refractivity contribution in [1.82, 2.24) is 4.98 Å². The molecule has 0 radical (unpaired) electrons. The summed E-state index contributed by atoms with van der Waals surface area (Å²) in [5.41, 5.74) is 1.89. The maximum Gasteiger partial charge on any atom is 0.181 e. The van der Waals surface area contributed by atoms with Gasteiger partial charge in [0, 0.05) is 22.5 Å². The van der Waals surface area contributed by atoms with Gasteiger partial charge in [-0.3, -0.25) is 0 Å². The summed E-state index contributed by atoms with van der Waals surface area (Å²) in [4.78, 5) is 4.14. The number of halogens is 1. The highest BCUT2D eigenvalue weighted by Crippen LogP contribution is 2.34. The minimum atomic E-state index is -0.183. The third kappa shape index (κ3) is 1.99. The Morgan fingerprint density at radius 1 is 1.18 bits per heavy atom. The van der Waals surface area contributed by atoms with E-state index in [1.807, 2.05) is 36.4 Å². The van der Waals surface area contributed by atoms with Gasteiger partial charge in [0.15, 0.2) is 12.0 Å². The average molecular weight is 245 g/mol. The van der Waals surface area contributed by atoms with Crippen LogP contribution < -0.4 is 5.32 Å². The summed E-state index contributed by atoms with van der Waals surface area (Å²) in [7, 11) is 0. The minimum absolute atomic E-state index is 0.183. The number of hydrogen-bond donors (Lipinski definition) is 1. The van der Waals surface area contributed by atoms with Crippen LogP contribution in [0.1, 0.15) is 11.7 Å². The number of hydrogen-bond acceptors (Lipinski definition) is 4. The van der Waals surface area contributed by atoms with Crippen LogP contribution in [0.4, 0.5) is 11.5 Å². The second-order valence-corrected chi connectivity index (χ2v) is 4.13. The number of anilines is 1. The molecule has 1 aromatic carbocycles. The molecule has 84 valence electrons. The predicted octanol–water partition coefficient (Wildman–Crippen LogP) is 3.94. The van der Waals surface area contributed by atoms with Crippen LogP contribution in [0.25, 0.3) is 0 Å². The van der Waals surface area contributed by atoms with Crippen LogP contribution in [-0.4, -0.2) is 4.98 Å². The van der Waals surface area contributed by atoms with Crippen LogP contribution >= 0.6 is 11.6 Å². The summed E-state index contributed by atoms with van der Waals surface area (Å²) in [6.07, 6.45) is 1.52. The molecule has 2 aromatic rings. The molecule has 1 aliphatic heterocycles. The second-order valence-electron chi connectivity index (χ2n) is 3.69. The van der Waals surface area contributed by atoms with E-state index in [9.17, 15) is 0 Å². The van der Waals surface area contributed by atoms with Gasteiger partial charge in [-0.25, -0.2) is 4.98 Å². The molecule has 0 fully saturated rings. The first kappa shape index (κ1) is 10.2. The summed E-state index contributed by atoms with van der Waals surface area (Å²) >= 11 is 5.92. The van der Waals surface area contributed by atoms with Gasteiger partial charge in [-0.15, -0.1) is 5.11 Å². The maximum absolute atomic E-state index is 5.92. The van der Waals surface area contributed by atoms with E-state index < -0.39 is 0 Å². The lowest BCUT2D eigenvalue weighted by Gasteiger charge is -2.11. The van der Waals surface area contributed by atoms with E-state index in [2.05, 4.69) is 20.5 Å². The Morgan fingerprint density at radius 3 is 3.00 bits per heavy atom. The Kier molecular flexibility index (Phi) is 2.49. The third-order valence-electron chi connectivity index (χ3n) is 2.51. The molecule has 5 heteroatoms. The normalized spacial score (nSPS) is 16.9. The SMILES string of the molecule is Clc1cccc(N[C@H]2N=Nc3ncccc32)c1. The quantitative estimate of drug-likeness (QED) is 0.870. The molecule has 1 aromatic heterocycles. The van der Waals surface area contributed by atoms with E-state index in [1.54, 1.807) is 6.20 Å². The zero-order chi connectivity index (χ0) is 11.7. The Morgan fingerprint density at radius 2 is 2.12 bits per heavy atom. The Labute approximate surface area is 103 Å². The molecular weight excluding hydrogens is 236 g/mol. The van der Waals surface area contributed by atoms with Crippen molar-refractivity contribution in [2.75, 3.05) is 5.32 Å². The molecule has 0 saturated carbocycles. The molecule has 1 aliphatic rings. The summed E-state index contributed by atoms with van der Waals surface area (Å²) in [5, 5.41) is 12.1. The molecule has 17 heavy (non-hydrogen) atoms. The zero-order valence-electron chi connectivity index (χ0n) is 8.84. The van der Waals surface area contributed by atoms with Crippen molar-refractivity contribution < 1.29 is 0 Å². The first-order chi connectivity index (χ1) is 8.33. The number of pyridine rings is 1. The van der Waals surface area contributed by atoms with Crippen molar-refractivity contribution >= 4 is 23.1 Å². The smallest absolute Gasteiger partial charge is 0.181 e. The van der Waals surface area contributed by atoms with Gasteiger partial charge in [-0.2, -0.15) is 5.11 Å². The number of azo groups is 1. The van der Waals surface area contributed by atoms with E-state index in [1.165, 1.54) is 0 Å². The number of fused-ring (bicyclic) bond motifs is 1. The van der Waals surface area contributed by atoms with Crippen LogP contribution in [0.5, 0.6) is 0 Å². The van der Waals surface area contributed by atoms with Crippen LogP contribution in [0.15, 0.2) is 52.8 Å². The fourth-order valence-corrected chi connectivity index (χ4v) is 1.91. The van der Waals surface area contributed by atoms with E-state index in [-0.39, 0.29) is 6.17 Å². The number of nitrogens with zero attached hydrogens (tertiary/aromatic N) is 3. The number of aromatic nitrogens is 1. The molecule has 1 atom stereocenters. The lowest BCUT2D eigenvalue weighted by molar-refractivity contribution is 0.829. The van der Waals surface area contributed by atoms with Gasteiger partial charge in [-0.05, 0) is 30.3 Å². The van der Waals surface area contributed by atoms with Crippen LogP contribution in [-0.2, 0) is 0 Å². The van der Waals surface area contributed by atoms with Gasteiger partial charge in [0.1, 0.15) is 0 Å². The van der Waals surface area contributed by atoms with Gasteiger partial charge < -0.3 is 5.32 Å². The van der Waals surface area contributed by atoms with Crippen LogP contribution in [0.3, 0.4) is 0 Å². The van der Waals surface area contributed by atoms with Crippen LogP contribution in [0, 0.1) is 0 Å². The minimum Gasteiger partial charge on any atom is -0.358 e. The van der Waals surface area contributed by atoms with Gasteiger partial charge in [0.05, 0.1) is 0 Å². The summed E-state index contributed by atoms with van der Waals surface area (Å²) in [6.45, 7) is 0. The van der Waals surface area contributed by atoms with Crippen molar-refractivity contribution in [3.8, 4) is 0 Å². The number of benzene rings is 1. The Hall–Kier alpha value is -1.94. The topological polar surface area (TPSA) is 49.6 Å². The van der Waals surface area contributed by atoms with Crippen molar-refractivity contribution in [1.29, 1.82) is 0 Å². The number of nitrogens with one attached hydrogen (secondary N) is 1. The largest absolute Gasteiger partial charge is 0.358 e. The molecule has 4 nitrogen and oxygen atoms in total. The monoisotopic (exact) mass is 244 g/mol. The molecular formula is C12H9ClN4. The van der Waals surface area contributed by atoms with E-state index >= 15 is 0 Å². The molecule has 0 unspecified atom stereocenters. The standard InChI is InChI=1S/C12H9ClN4/c13-8-3-1-4-9(7-8)15-12-10-5-2-6-14-11(10)16-17-12/h1-7,12,15H/t12-/m0/s1. The molecule has 3 rings (SSSR count). The highest BCUT2D eigenvalue weighted by Gasteiger charge is 2.20. The van der Waals surface area contributed by atoms with E-state index in [4.69, 9.17) is 11.6 Å². The maximum atomic E-state index is 5.92. The predicted molar refractivity (Wildman–Crippen MR) is 66.6 cm³/mol. The highest BCUT2D eigenvalue weighted by atomic mass is 35.5. The lowest BCUT2D eigenvalue weighted by Crippen LogP contribution is -2.05. The zero-order valence-corrected chi connectivity index (χ0v) is 9.59. The van der Waals surface area contributed by atoms with Crippen molar-refractivity contribution in [3.05, 3.63) is 53.2 Å². The third-order valence-corrected chi connectivity index (χ3v) is 2.74. The summed E-state index contributed by atoms with van der Waals surface area (Å²) < 4.78 is 0. The van der Waals surface area contributed by atoms with Gasteiger partial charge in [-0.1, -0.05) is 17.7 Å². The second kappa shape index (κ2) is 4.14. The first-order valence-electron chi connectivity index (χ1n) is 5.21. The molecule has 0 saturated heterocycles.